The van der Waals surface area contributed by atoms with Gasteiger partial charge in [-0.1, -0.05) is 24.3 Å². The molecule has 0 bridgehead atoms. The quantitative estimate of drug-likeness (QED) is 0.676. The van der Waals surface area contributed by atoms with Gasteiger partial charge in [-0.25, -0.2) is 13.2 Å². The molecule has 1 aliphatic rings. The summed E-state index contributed by atoms with van der Waals surface area (Å²) in [7, 11) is 0. The van der Waals surface area contributed by atoms with Gasteiger partial charge in [-0.15, -0.1) is 0 Å². The van der Waals surface area contributed by atoms with Crippen LogP contribution in [0.3, 0.4) is 0 Å². The zero-order valence-electron chi connectivity index (χ0n) is 14.8. The molecule has 3 aromatic carbocycles. The Labute approximate surface area is 160 Å². The number of amidine groups is 1. The Morgan fingerprint density at radius 1 is 0.786 bits per heavy atom. The molecule has 4 rings (SSSR count). The molecule has 0 aliphatic carbocycles. The summed E-state index contributed by atoms with van der Waals surface area (Å²) in [5, 5.41) is 3.25. The van der Waals surface area contributed by atoms with Crippen molar-refractivity contribution in [2.45, 2.75) is 12.1 Å². The standard InChI is InChI=1S/C22H17F3N2O/c23-16-7-9-19(10-8-16)28-13-20-26-21(14-3-1-5-17(24)11-14)22(27-20)15-4-2-6-18(25)12-15/h1-12,21-22H,13H2,(H,26,27). The summed E-state index contributed by atoms with van der Waals surface area (Å²) in [6.45, 7) is 0.128. The molecule has 6 heteroatoms. The predicted octanol–water partition coefficient (Wildman–Crippen LogP) is 4.97. The number of rotatable bonds is 5. The van der Waals surface area contributed by atoms with Gasteiger partial charge in [0.25, 0.3) is 0 Å². The summed E-state index contributed by atoms with van der Waals surface area (Å²) >= 11 is 0. The van der Waals surface area contributed by atoms with Crippen LogP contribution < -0.4 is 10.1 Å². The molecule has 0 saturated carbocycles. The molecule has 3 nitrogen and oxygen atoms in total. The molecule has 0 amide bonds. The Morgan fingerprint density at radius 3 is 2.11 bits per heavy atom. The van der Waals surface area contributed by atoms with Gasteiger partial charge in [0, 0.05) is 0 Å². The zero-order valence-corrected chi connectivity index (χ0v) is 14.8. The first-order valence-corrected chi connectivity index (χ1v) is 8.81. The molecule has 0 aromatic heterocycles. The molecule has 2 unspecified atom stereocenters. The number of hydrogen-bond donors (Lipinski definition) is 1. The number of hydrogen-bond acceptors (Lipinski definition) is 3. The van der Waals surface area contributed by atoms with Crippen LogP contribution in [0, 0.1) is 17.5 Å². The Hall–Kier alpha value is -3.28. The summed E-state index contributed by atoms with van der Waals surface area (Å²) in [6.07, 6.45) is 0. The molecule has 1 N–H and O–H groups in total. The van der Waals surface area contributed by atoms with Crippen molar-refractivity contribution < 1.29 is 17.9 Å². The minimum absolute atomic E-state index is 0.128. The van der Waals surface area contributed by atoms with E-state index in [0.29, 0.717) is 22.7 Å². The second kappa shape index (κ2) is 7.76. The molecule has 0 spiro atoms. The third kappa shape index (κ3) is 4.01. The summed E-state index contributed by atoms with van der Waals surface area (Å²) in [6, 6.07) is 17.3. The molecule has 28 heavy (non-hydrogen) atoms. The van der Waals surface area contributed by atoms with Gasteiger partial charge in [0.2, 0.25) is 0 Å². The van der Waals surface area contributed by atoms with Crippen LogP contribution in [0.1, 0.15) is 23.2 Å². The van der Waals surface area contributed by atoms with Crippen molar-refractivity contribution >= 4 is 5.84 Å². The second-order valence-electron chi connectivity index (χ2n) is 6.50. The van der Waals surface area contributed by atoms with Crippen molar-refractivity contribution in [3.05, 3.63) is 101 Å². The second-order valence-corrected chi connectivity index (χ2v) is 6.50. The fourth-order valence-corrected chi connectivity index (χ4v) is 3.22. The molecule has 0 fully saturated rings. The lowest BCUT2D eigenvalue weighted by atomic mass is 9.95. The Bertz CT molecular complexity index is 1000. The van der Waals surface area contributed by atoms with Crippen LogP contribution in [0.25, 0.3) is 0 Å². The zero-order chi connectivity index (χ0) is 19.5. The molecule has 1 heterocycles. The van der Waals surface area contributed by atoms with Crippen molar-refractivity contribution in [3.63, 3.8) is 0 Å². The largest absolute Gasteiger partial charge is 0.486 e. The summed E-state index contributed by atoms with van der Waals surface area (Å²) in [4.78, 5) is 4.64. The lowest BCUT2D eigenvalue weighted by Crippen LogP contribution is -2.28. The van der Waals surface area contributed by atoms with Crippen LogP contribution in [-0.4, -0.2) is 12.4 Å². The van der Waals surface area contributed by atoms with E-state index in [1.54, 1.807) is 24.3 Å². The van der Waals surface area contributed by atoms with E-state index in [1.807, 2.05) is 0 Å². The number of nitrogens with one attached hydrogen (secondary N) is 1. The molecule has 0 radical (unpaired) electrons. The van der Waals surface area contributed by atoms with E-state index in [0.717, 1.165) is 0 Å². The molecule has 142 valence electrons. The normalized spacial score (nSPS) is 18.5. The third-order valence-electron chi connectivity index (χ3n) is 4.52. The van der Waals surface area contributed by atoms with E-state index in [9.17, 15) is 13.2 Å². The van der Waals surface area contributed by atoms with Gasteiger partial charge in [0.1, 0.15) is 41.7 Å². The van der Waals surface area contributed by atoms with E-state index in [4.69, 9.17) is 4.74 Å². The van der Waals surface area contributed by atoms with Crippen molar-refractivity contribution in [2.24, 2.45) is 4.99 Å². The maximum absolute atomic E-state index is 13.7. The first-order valence-electron chi connectivity index (χ1n) is 8.81. The van der Waals surface area contributed by atoms with Gasteiger partial charge >= 0.3 is 0 Å². The number of aliphatic imine (C=N–C) groups is 1. The van der Waals surface area contributed by atoms with Crippen LogP contribution in [0.2, 0.25) is 0 Å². The average molecular weight is 382 g/mol. The molecule has 2 atom stereocenters. The lowest BCUT2D eigenvalue weighted by Gasteiger charge is -2.20. The van der Waals surface area contributed by atoms with Crippen molar-refractivity contribution in [1.82, 2.24) is 5.32 Å². The van der Waals surface area contributed by atoms with E-state index in [1.165, 1.54) is 48.5 Å². The fraction of sp³-hybridized carbons (Fsp3) is 0.136. The summed E-state index contributed by atoms with van der Waals surface area (Å²) < 4.78 is 46.1. The summed E-state index contributed by atoms with van der Waals surface area (Å²) in [5.74, 6) is -0.00807. The molecular formula is C22H17F3N2O. The van der Waals surface area contributed by atoms with E-state index in [-0.39, 0.29) is 30.1 Å². The minimum atomic E-state index is -0.427. The third-order valence-corrected chi connectivity index (χ3v) is 4.52. The number of benzene rings is 3. The SMILES string of the molecule is Fc1ccc(OCC2=NC(c3cccc(F)c3)C(c3cccc(F)c3)N2)cc1. The lowest BCUT2D eigenvalue weighted by molar-refractivity contribution is 0.371. The van der Waals surface area contributed by atoms with Crippen LogP contribution in [-0.2, 0) is 0 Å². The van der Waals surface area contributed by atoms with Crippen LogP contribution in [0.5, 0.6) is 5.75 Å². The first-order chi connectivity index (χ1) is 13.6. The van der Waals surface area contributed by atoms with Crippen LogP contribution >= 0.6 is 0 Å². The maximum atomic E-state index is 13.7. The molecular weight excluding hydrogens is 365 g/mol. The molecule has 1 aliphatic heterocycles. The first kappa shape index (κ1) is 18.1. The van der Waals surface area contributed by atoms with E-state index < -0.39 is 6.04 Å². The van der Waals surface area contributed by atoms with Crippen molar-refractivity contribution in [1.29, 1.82) is 0 Å². The van der Waals surface area contributed by atoms with Gasteiger partial charge in [0.05, 0.1) is 6.04 Å². The predicted molar refractivity (Wildman–Crippen MR) is 101 cm³/mol. The smallest absolute Gasteiger partial charge is 0.145 e. The van der Waals surface area contributed by atoms with Crippen molar-refractivity contribution in [2.75, 3.05) is 6.61 Å². The Morgan fingerprint density at radius 2 is 1.43 bits per heavy atom. The summed E-state index contributed by atoms with van der Waals surface area (Å²) in [5.41, 5.74) is 1.38. The van der Waals surface area contributed by atoms with Gasteiger partial charge in [-0.3, -0.25) is 4.99 Å². The Kier molecular flexibility index (Phi) is 5.02. The monoisotopic (exact) mass is 382 g/mol. The molecule has 0 saturated heterocycles. The fourth-order valence-electron chi connectivity index (χ4n) is 3.22. The topological polar surface area (TPSA) is 33.6 Å². The van der Waals surface area contributed by atoms with Crippen LogP contribution in [0.15, 0.2) is 77.8 Å². The number of nitrogens with zero attached hydrogens (tertiary/aromatic N) is 1. The van der Waals surface area contributed by atoms with Crippen molar-refractivity contribution in [3.8, 4) is 5.75 Å². The van der Waals surface area contributed by atoms with E-state index >= 15 is 0 Å². The molecule has 3 aromatic rings. The van der Waals surface area contributed by atoms with Gasteiger partial charge in [0.15, 0.2) is 0 Å². The van der Waals surface area contributed by atoms with Gasteiger partial charge < -0.3 is 10.1 Å². The van der Waals surface area contributed by atoms with E-state index in [2.05, 4.69) is 10.3 Å². The Balaban J connectivity index is 1.59. The number of ether oxygens (including phenoxy) is 1. The van der Waals surface area contributed by atoms with Gasteiger partial charge in [-0.2, -0.15) is 0 Å². The van der Waals surface area contributed by atoms with Crippen LogP contribution in [0.4, 0.5) is 13.2 Å². The highest BCUT2D eigenvalue weighted by atomic mass is 19.1. The minimum Gasteiger partial charge on any atom is -0.486 e. The number of halogens is 3. The highest BCUT2D eigenvalue weighted by Crippen LogP contribution is 2.36. The van der Waals surface area contributed by atoms with Gasteiger partial charge in [-0.05, 0) is 59.7 Å². The maximum Gasteiger partial charge on any atom is 0.145 e. The average Bonchev–Trinajstić information content (AvgIpc) is 3.12. The highest BCUT2D eigenvalue weighted by molar-refractivity contribution is 5.86. The highest BCUT2D eigenvalue weighted by Gasteiger charge is 2.31.